The lowest BCUT2D eigenvalue weighted by Crippen LogP contribution is -2.41. The molecule has 2 rings (SSSR count). The lowest BCUT2D eigenvalue weighted by molar-refractivity contribution is -0.130. The second-order valence-corrected chi connectivity index (χ2v) is 6.79. The summed E-state index contributed by atoms with van der Waals surface area (Å²) in [6, 6.07) is 0. The number of ketones is 1. The average Bonchev–Trinajstić information content (AvgIpc) is 2.28. The third kappa shape index (κ3) is 3.81. The van der Waals surface area contributed by atoms with E-state index in [1.807, 2.05) is 0 Å². The molecule has 1 heterocycles. The monoisotopic (exact) mass is 252 g/mol. The number of hydrogen-bond acceptors (Lipinski definition) is 2. The van der Waals surface area contributed by atoms with Gasteiger partial charge >= 0.3 is 0 Å². The van der Waals surface area contributed by atoms with Gasteiger partial charge in [0.05, 0.1) is 5.60 Å². The first-order valence-corrected chi connectivity index (χ1v) is 7.75. The molecule has 0 N–H and O–H groups in total. The molecule has 104 valence electrons. The summed E-state index contributed by atoms with van der Waals surface area (Å²) in [5.41, 5.74) is 0.152. The second kappa shape index (κ2) is 6.18. The normalized spacial score (nSPS) is 27.6. The maximum absolute atomic E-state index is 12.0. The highest BCUT2D eigenvalue weighted by Crippen LogP contribution is 2.41. The number of Topliss-reactive ketones (excluding diaryl/α,β-unsaturated/α-hetero) is 1. The van der Waals surface area contributed by atoms with Gasteiger partial charge in [-0.3, -0.25) is 4.79 Å². The molecule has 1 aliphatic heterocycles. The lowest BCUT2D eigenvalue weighted by atomic mass is 9.74. The molecule has 0 radical (unpaired) electrons. The van der Waals surface area contributed by atoms with Crippen LogP contribution in [0.2, 0.25) is 0 Å². The van der Waals surface area contributed by atoms with Crippen LogP contribution in [0.3, 0.4) is 0 Å². The Labute approximate surface area is 111 Å². The highest BCUT2D eigenvalue weighted by molar-refractivity contribution is 5.78. The zero-order valence-electron chi connectivity index (χ0n) is 12.0. The topological polar surface area (TPSA) is 26.3 Å². The van der Waals surface area contributed by atoms with Crippen LogP contribution in [-0.4, -0.2) is 18.0 Å². The molecule has 1 atom stereocenters. The van der Waals surface area contributed by atoms with Gasteiger partial charge in [-0.1, -0.05) is 33.1 Å². The minimum Gasteiger partial charge on any atom is -0.375 e. The molecule has 0 amide bonds. The fraction of sp³-hybridized carbons (Fsp3) is 0.938. The van der Waals surface area contributed by atoms with Gasteiger partial charge in [0.25, 0.3) is 0 Å². The van der Waals surface area contributed by atoms with Gasteiger partial charge in [-0.05, 0) is 37.5 Å². The Hall–Kier alpha value is -0.370. The van der Waals surface area contributed by atoms with Crippen LogP contribution in [0.4, 0.5) is 0 Å². The van der Waals surface area contributed by atoms with Gasteiger partial charge in [0.1, 0.15) is 5.78 Å². The molecule has 2 heteroatoms. The molecular formula is C16H28O2. The summed E-state index contributed by atoms with van der Waals surface area (Å²) in [6.45, 7) is 5.13. The minimum absolute atomic E-state index is 0.152. The van der Waals surface area contributed by atoms with E-state index in [1.165, 1.54) is 32.1 Å². The summed E-state index contributed by atoms with van der Waals surface area (Å²) >= 11 is 0. The van der Waals surface area contributed by atoms with Crippen molar-refractivity contribution in [3.05, 3.63) is 0 Å². The largest absolute Gasteiger partial charge is 0.375 e. The van der Waals surface area contributed by atoms with Crippen LogP contribution in [0, 0.1) is 11.8 Å². The minimum atomic E-state index is 0.152. The molecule has 1 saturated heterocycles. The van der Waals surface area contributed by atoms with E-state index in [0.29, 0.717) is 17.6 Å². The third-order valence-electron chi connectivity index (χ3n) is 4.51. The van der Waals surface area contributed by atoms with E-state index in [-0.39, 0.29) is 5.60 Å². The van der Waals surface area contributed by atoms with E-state index in [2.05, 4.69) is 13.8 Å². The average molecular weight is 252 g/mol. The first kappa shape index (κ1) is 14.0. The van der Waals surface area contributed by atoms with Gasteiger partial charge in [0, 0.05) is 19.4 Å². The second-order valence-electron chi connectivity index (χ2n) is 6.79. The zero-order chi connectivity index (χ0) is 13.0. The molecule has 1 saturated carbocycles. The zero-order valence-corrected chi connectivity index (χ0v) is 12.0. The van der Waals surface area contributed by atoms with E-state index < -0.39 is 0 Å². The van der Waals surface area contributed by atoms with E-state index in [1.54, 1.807) is 0 Å². The van der Waals surface area contributed by atoms with Crippen LogP contribution >= 0.6 is 0 Å². The number of rotatable bonds is 4. The molecular weight excluding hydrogens is 224 g/mol. The third-order valence-corrected chi connectivity index (χ3v) is 4.51. The number of carbonyl (C=O) groups excluding carboxylic acids is 1. The Balaban J connectivity index is 1.84. The van der Waals surface area contributed by atoms with Gasteiger partial charge in [-0.15, -0.1) is 0 Å². The van der Waals surface area contributed by atoms with Gasteiger partial charge in [-0.25, -0.2) is 0 Å². The molecule has 2 fully saturated rings. The number of carbonyl (C=O) groups is 1. The Morgan fingerprint density at radius 2 is 2.00 bits per heavy atom. The quantitative estimate of drug-likeness (QED) is 0.752. The van der Waals surface area contributed by atoms with Crippen molar-refractivity contribution in [2.24, 2.45) is 11.8 Å². The van der Waals surface area contributed by atoms with E-state index in [9.17, 15) is 4.79 Å². The molecule has 0 bridgehead atoms. The molecule has 2 nitrogen and oxygen atoms in total. The lowest BCUT2D eigenvalue weighted by Gasteiger charge is -2.43. The fourth-order valence-corrected chi connectivity index (χ4v) is 3.71. The standard InChI is InChI=1S/C16H28O2/c1-13(2)10-15(17)11-14-6-9-18-16(12-14)7-4-3-5-8-16/h13-14H,3-12H2,1-2H3. The van der Waals surface area contributed by atoms with Crippen molar-refractivity contribution >= 4 is 5.78 Å². The Bertz CT molecular complexity index is 271. The first-order valence-electron chi connectivity index (χ1n) is 7.75. The summed E-state index contributed by atoms with van der Waals surface area (Å²) in [7, 11) is 0. The van der Waals surface area contributed by atoms with Crippen LogP contribution in [0.1, 0.15) is 71.6 Å². The summed E-state index contributed by atoms with van der Waals surface area (Å²) in [4.78, 5) is 12.0. The smallest absolute Gasteiger partial charge is 0.133 e. The van der Waals surface area contributed by atoms with Crippen LogP contribution < -0.4 is 0 Å². The maximum atomic E-state index is 12.0. The maximum Gasteiger partial charge on any atom is 0.133 e. The van der Waals surface area contributed by atoms with E-state index >= 15 is 0 Å². The molecule has 2 aliphatic rings. The summed E-state index contributed by atoms with van der Waals surface area (Å²) < 4.78 is 6.09. The van der Waals surface area contributed by atoms with E-state index in [4.69, 9.17) is 4.74 Å². The highest BCUT2D eigenvalue weighted by Gasteiger charge is 2.38. The fourth-order valence-electron chi connectivity index (χ4n) is 3.71. The van der Waals surface area contributed by atoms with Crippen LogP contribution in [0.5, 0.6) is 0 Å². The van der Waals surface area contributed by atoms with Crippen molar-refractivity contribution in [3.8, 4) is 0 Å². The van der Waals surface area contributed by atoms with Gasteiger partial charge in [0.2, 0.25) is 0 Å². The van der Waals surface area contributed by atoms with Crippen molar-refractivity contribution in [3.63, 3.8) is 0 Å². The van der Waals surface area contributed by atoms with Crippen molar-refractivity contribution in [2.75, 3.05) is 6.61 Å². The van der Waals surface area contributed by atoms with Crippen LogP contribution in [-0.2, 0) is 9.53 Å². The number of hydrogen-bond donors (Lipinski definition) is 0. The van der Waals surface area contributed by atoms with Crippen LogP contribution in [0.25, 0.3) is 0 Å². The van der Waals surface area contributed by atoms with Crippen LogP contribution in [0.15, 0.2) is 0 Å². The van der Waals surface area contributed by atoms with Crippen molar-refractivity contribution in [2.45, 2.75) is 77.2 Å². The van der Waals surface area contributed by atoms with Crippen molar-refractivity contribution < 1.29 is 9.53 Å². The highest BCUT2D eigenvalue weighted by atomic mass is 16.5. The predicted octanol–water partition coefficient (Wildman–Crippen LogP) is 4.12. The molecule has 1 unspecified atom stereocenters. The Kier molecular flexibility index (Phi) is 4.83. The predicted molar refractivity (Wildman–Crippen MR) is 73.6 cm³/mol. The molecule has 0 aromatic rings. The van der Waals surface area contributed by atoms with E-state index in [0.717, 1.165) is 32.3 Å². The van der Waals surface area contributed by atoms with Gasteiger partial charge in [0.15, 0.2) is 0 Å². The van der Waals surface area contributed by atoms with Crippen molar-refractivity contribution in [1.29, 1.82) is 0 Å². The molecule has 18 heavy (non-hydrogen) atoms. The first-order chi connectivity index (χ1) is 8.60. The SMILES string of the molecule is CC(C)CC(=O)CC1CCOC2(CCCCC2)C1. The molecule has 1 spiro atoms. The van der Waals surface area contributed by atoms with Crippen molar-refractivity contribution in [1.82, 2.24) is 0 Å². The van der Waals surface area contributed by atoms with Gasteiger partial charge in [-0.2, -0.15) is 0 Å². The van der Waals surface area contributed by atoms with Gasteiger partial charge < -0.3 is 4.74 Å². The Morgan fingerprint density at radius 3 is 2.67 bits per heavy atom. The molecule has 0 aromatic carbocycles. The summed E-state index contributed by atoms with van der Waals surface area (Å²) in [6.07, 6.45) is 10.2. The summed E-state index contributed by atoms with van der Waals surface area (Å²) in [5.74, 6) is 1.55. The molecule has 1 aliphatic carbocycles. The molecule has 0 aromatic heterocycles. The number of ether oxygens (including phenoxy) is 1. The Morgan fingerprint density at radius 1 is 1.28 bits per heavy atom. The summed E-state index contributed by atoms with van der Waals surface area (Å²) in [5, 5.41) is 0.